The van der Waals surface area contributed by atoms with Crippen LogP contribution in [0.1, 0.15) is 38.3 Å². The largest absolute Gasteiger partial charge is 0.399 e. The lowest BCUT2D eigenvalue weighted by atomic mass is 9.95. The van der Waals surface area contributed by atoms with Crippen LogP contribution in [0.2, 0.25) is 0 Å². The molecule has 0 aliphatic heterocycles. The average molecular weight is 390 g/mol. The Bertz CT molecular complexity index is 813. The molecule has 0 saturated carbocycles. The van der Waals surface area contributed by atoms with Crippen molar-refractivity contribution in [2.24, 2.45) is 5.41 Å². The third-order valence-corrected chi connectivity index (χ3v) is 4.13. The number of amides is 2. The van der Waals surface area contributed by atoms with Gasteiger partial charge in [-0.25, -0.2) is 0 Å². The Labute approximate surface area is 167 Å². The Morgan fingerprint density at radius 2 is 1.70 bits per heavy atom. The summed E-state index contributed by atoms with van der Waals surface area (Å²) in [6, 6.07) is 13.0. The van der Waals surface area contributed by atoms with Gasteiger partial charge in [-0.3, -0.25) is 9.59 Å². The van der Waals surface area contributed by atoms with Crippen molar-refractivity contribution in [3.8, 4) is 0 Å². The van der Waals surface area contributed by atoms with Crippen molar-refractivity contribution in [1.82, 2.24) is 0 Å². The highest BCUT2D eigenvalue weighted by atomic mass is 35.5. The van der Waals surface area contributed by atoms with E-state index in [0.717, 1.165) is 11.1 Å². The highest BCUT2D eigenvalue weighted by Gasteiger charge is 2.21. The number of hydrogen-bond acceptors (Lipinski definition) is 3. The number of halogens is 1. The number of anilines is 3. The lowest BCUT2D eigenvalue weighted by molar-refractivity contribution is -0.123. The maximum atomic E-state index is 12.3. The number of hydrogen-bond donors (Lipinski definition) is 3. The number of benzene rings is 2. The van der Waals surface area contributed by atoms with Crippen molar-refractivity contribution < 1.29 is 9.59 Å². The van der Waals surface area contributed by atoms with E-state index < -0.39 is 5.41 Å². The maximum Gasteiger partial charge on any atom is 0.229 e. The molecule has 0 aliphatic rings. The van der Waals surface area contributed by atoms with E-state index in [0.29, 0.717) is 29.9 Å². The lowest BCUT2D eigenvalue weighted by Gasteiger charge is -2.18. The average Bonchev–Trinajstić information content (AvgIpc) is 2.56. The van der Waals surface area contributed by atoms with Gasteiger partial charge in [-0.2, -0.15) is 0 Å². The third kappa shape index (κ3) is 6.61. The zero-order valence-electron chi connectivity index (χ0n) is 16.3. The highest BCUT2D eigenvalue weighted by molar-refractivity contribution is 5.96. The van der Waals surface area contributed by atoms with Crippen molar-refractivity contribution >= 4 is 41.3 Å². The number of carbonyl (C=O) groups is 2. The molecule has 0 fully saturated rings. The molecule has 2 rings (SSSR count). The fourth-order valence-corrected chi connectivity index (χ4v) is 2.38. The molecule has 2 aromatic rings. The van der Waals surface area contributed by atoms with Crippen molar-refractivity contribution in [2.45, 2.75) is 40.5 Å². The van der Waals surface area contributed by atoms with Crippen molar-refractivity contribution in [2.75, 3.05) is 16.4 Å². The number of aryl methyl sites for hydroxylation is 2. The Morgan fingerprint density at radius 1 is 1.04 bits per heavy atom. The summed E-state index contributed by atoms with van der Waals surface area (Å²) >= 11 is 0. The Balaban J connectivity index is 0.00000364. The Hall–Kier alpha value is -2.53. The zero-order chi connectivity index (χ0) is 19.3. The van der Waals surface area contributed by atoms with E-state index in [1.165, 1.54) is 0 Å². The van der Waals surface area contributed by atoms with E-state index in [4.69, 9.17) is 5.73 Å². The zero-order valence-corrected chi connectivity index (χ0v) is 17.1. The van der Waals surface area contributed by atoms with Crippen LogP contribution < -0.4 is 16.4 Å². The van der Waals surface area contributed by atoms with Gasteiger partial charge in [0, 0.05) is 28.9 Å². The first-order chi connectivity index (χ1) is 12.2. The van der Waals surface area contributed by atoms with Crippen LogP contribution in [-0.4, -0.2) is 11.8 Å². The van der Waals surface area contributed by atoms with Gasteiger partial charge in [0.05, 0.1) is 0 Å². The number of nitrogens with two attached hydrogens (primary N) is 1. The van der Waals surface area contributed by atoms with Crippen LogP contribution in [0.4, 0.5) is 17.1 Å². The monoisotopic (exact) mass is 389 g/mol. The van der Waals surface area contributed by atoms with Crippen LogP contribution in [0.3, 0.4) is 0 Å². The molecule has 2 aromatic carbocycles. The summed E-state index contributed by atoms with van der Waals surface area (Å²) in [5.41, 5.74) is 9.39. The van der Waals surface area contributed by atoms with Gasteiger partial charge < -0.3 is 16.4 Å². The van der Waals surface area contributed by atoms with Gasteiger partial charge in [-0.1, -0.05) is 45.0 Å². The third-order valence-electron chi connectivity index (χ3n) is 4.13. The van der Waals surface area contributed by atoms with Crippen LogP contribution in [0.5, 0.6) is 0 Å². The number of carbonyl (C=O) groups excluding carboxylic acids is 2. The molecule has 146 valence electrons. The molecule has 5 nitrogen and oxygen atoms in total. The van der Waals surface area contributed by atoms with Gasteiger partial charge in [0.2, 0.25) is 11.8 Å². The first-order valence-corrected chi connectivity index (χ1v) is 8.72. The number of nitrogen functional groups attached to an aromatic ring is 1. The number of nitrogens with one attached hydrogen (secondary N) is 2. The van der Waals surface area contributed by atoms with Crippen LogP contribution >= 0.6 is 12.4 Å². The smallest absolute Gasteiger partial charge is 0.229 e. The van der Waals surface area contributed by atoms with Crippen LogP contribution in [0.25, 0.3) is 0 Å². The van der Waals surface area contributed by atoms with Gasteiger partial charge >= 0.3 is 0 Å². The second kappa shape index (κ2) is 9.42. The molecule has 0 bridgehead atoms. The van der Waals surface area contributed by atoms with E-state index in [9.17, 15) is 9.59 Å². The summed E-state index contributed by atoms with van der Waals surface area (Å²) in [6.07, 6.45) is 0.921. The van der Waals surface area contributed by atoms with E-state index in [1.54, 1.807) is 6.07 Å². The molecule has 0 aliphatic carbocycles. The summed E-state index contributed by atoms with van der Waals surface area (Å²) in [6.45, 7) is 7.48. The summed E-state index contributed by atoms with van der Waals surface area (Å²) in [5.74, 6) is -0.158. The molecule has 27 heavy (non-hydrogen) atoms. The van der Waals surface area contributed by atoms with Gasteiger partial charge in [-0.05, 0) is 42.7 Å². The lowest BCUT2D eigenvalue weighted by Crippen LogP contribution is -2.27. The molecule has 0 heterocycles. The van der Waals surface area contributed by atoms with Gasteiger partial charge in [-0.15, -0.1) is 12.4 Å². The predicted molar refractivity (Wildman–Crippen MR) is 114 cm³/mol. The molecule has 4 N–H and O–H groups in total. The van der Waals surface area contributed by atoms with Gasteiger partial charge in [0.15, 0.2) is 0 Å². The van der Waals surface area contributed by atoms with Crippen LogP contribution in [-0.2, 0) is 16.0 Å². The molecular weight excluding hydrogens is 362 g/mol. The summed E-state index contributed by atoms with van der Waals surface area (Å²) < 4.78 is 0. The molecule has 2 amide bonds. The highest BCUT2D eigenvalue weighted by Crippen LogP contribution is 2.23. The molecular formula is C21H28ClN3O2. The molecule has 0 atom stereocenters. The second-order valence-electron chi connectivity index (χ2n) is 7.48. The van der Waals surface area contributed by atoms with Gasteiger partial charge in [0.1, 0.15) is 0 Å². The first-order valence-electron chi connectivity index (χ1n) is 8.72. The minimum absolute atomic E-state index is 0. The summed E-state index contributed by atoms with van der Waals surface area (Å²) in [7, 11) is 0. The minimum Gasteiger partial charge on any atom is -0.399 e. The molecule has 6 heteroatoms. The molecule has 0 unspecified atom stereocenters. The SMILES string of the molecule is Cc1ccc(NC(=O)C(C)(C)C)cc1NC(=O)CCc1ccccc1N.Cl. The van der Waals surface area contributed by atoms with Crippen LogP contribution in [0.15, 0.2) is 42.5 Å². The summed E-state index contributed by atoms with van der Waals surface area (Å²) in [4.78, 5) is 24.4. The van der Waals surface area contributed by atoms with Crippen molar-refractivity contribution in [3.05, 3.63) is 53.6 Å². The second-order valence-corrected chi connectivity index (χ2v) is 7.48. The van der Waals surface area contributed by atoms with Crippen molar-refractivity contribution in [1.29, 1.82) is 0 Å². The standard InChI is InChI=1S/C21H27N3O2.ClH/c1-14-9-11-16(23-20(26)21(2,3)4)13-18(14)24-19(25)12-10-15-7-5-6-8-17(15)22;/h5-9,11,13H,10,12,22H2,1-4H3,(H,23,26)(H,24,25);1H. The topological polar surface area (TPSA) is 84.2 Å². The fraction of sp³-hybridized carbons (Fsp3) is 0.333. The quantitative estimate of drug-likeness (QED) is 0.655. The van der Waals surface area contributed by atoms with E-state index in [1.807, 2.05) is 64.1 Å². The normalized spacial score (nSPS) is 10.7. The molecule has 0 saturated heterocycles. The number of rotatable bonds is 5. The predicted octanol–water partition coefficient (Wildman–Crippen LogP) is 4.55. The molecule has 0 spiro atoms. The first kappa shape index (κ1) is 22.5. The van der Waals surface area contributed by atoms with E-state index in [2.05, 4.69) is 10.6 Å². The minimum atomic E-state index is -0.482. The van der Waals surface area contributed by atoms with E-state index >= 15 is 0 Å². The van der Waals surface area contributed by atoms with Crippen molar-refractivity contribution in [3.63, 3.8) is 0 Å². The van der Waals surface area contributed by atoms with E-state index in [-0.39, 0.29) is 24.2 Å². The number of para-hydroxylation sites is 1. The van der Waals surface area contributed by atoms with Gasteiger partial charge in [0.25, 0.3) is 0 Å². The molecule has 0 aromatic heterocycles. The summed E-state index contributed by atoms with van der Waals surface area (Å²) in [5, 5.41) is 5.80. The Kier molecular flexibility index (Phi) is 7.85. The fourth-order valence-electron chi connectivity index (χ4n) is 2.38. The molecule has 0 radical (unpaired) electrons. The Morgan fingerprint density at radius 3 is 2.33 bits per heavy atom. The maximum absolute atomic E-state index is 12.3. The van der Waals surface area contributed by atoms with Crippen LogP contribution in [0, 0.1) is 12.3 Å².